The zero-order valence-electron chi connectivity index (χ0n) is 16.7. The first-order valence-corrected chi connectivity index (χ1v) is 10.5. The number of amides is 1. The van der Waals surface area contributed by atoms with Gasteiger partial charge in [0.25, 0.3) is 5.91 Å². The molecule has 0 aromatic heterocycles. The van der Waals surface area contributed by atoms with E-state index in [0.29, 0.717) is 21.3 Å². The van der Waals surface area contributed by atoms with Crippen LogP contribution in [0.25, 0.3) is 11.6 Å². The minimum atomic E-state index is -0.780. The van der Waals surface area contributed by atoms with Crippen LogP contribution in [-0.4, -0.2) is 17.9 Å². The topological polar surface area (TPSA) is 46.6 Å². The Morgan fingerprint density at radius 3 is 2.45 bits per heavy atom. The average molecular weight is 452 g/mol. The molecule has 1 aliphatic rings. The molecule has 1 unspecified atom stereocenters. The van der Waals surface area contributed by atoms with Crippen LogP contribution in [0.4, 0.5) is 5.69 Å². The van der Waals surface area contributed by atoms with E-state index in [9.17, 15) is 9.59 Å². The second-order valence-corrected chi connectivity index (χ2v) is 8.01. The summed E-state index contributed by atoms with van der Waals surface area (Å²) in [7, 11) is 0. The number of carbonyl (C=O) groups excluding carboxylic acids is 2. The van der Waals surface area contributed by atoms with Gasteiger partial charge in [0.15, 0.2) is 0 Å². The Labute approximate surface area is 190 Å². The largest absolute Gasteiger partial charge is 0.459 e. The Kier molecular flexibility index (Phi) is 6.12. The van der Waals surface area contributed by atoms with Crippen molar-refractivity contribution in [1.29, 1.82) is 0 Å². The summed E-state index contributed by atoms with van der Waals surface area (Å²) < 4.78 is 5.46. The van der Waals surface area contributed by atoms with Crippen LogP contribution in [0.5, 0.6) is 0 Å². The third kappa shape index (κ3) is 4.36. The van der Waals surface area contributed by atoms with Gasteiger partial charge in [-0.2, -0.15) is 0 Å². The number of rotatable bonds is 5. The molecular weight excluding hydrogens is 433 g/mol. The maximum Gasteiger partial charge on any atom is 0.329 e. The lowest BCUT2D eigenvalue weighted by atomic mass is 10.0. The number of esters is 1. The van der Waals surface area contributed by atoms with E-state index in [2.05, 4.69) is 0 Å². The fourth-order valence-corrected chi connectivity index (χ4v) is 3.82. The summed E-state index contributed by atoms with van der Waals surface area (Å²) in [6.45, 7) is 1.82. The molecule has 31 heavy (non-hydrogen) atoms. The molecule has 4 rings (SSSR count). The molecule has 3 aromatic rings. The first kappa shape index (κ1) is 21.2. The van der Waals surface area contributed by atoms with Crippen molar-refractivity contribution in [2.24, 2.45) is 0 Å². The van der Waals surface area contributed by atoms with Crippen LogP contribution in [0.1, 0.15) is 23.6 Å². The summed E-state index contributed by atoms with van der Waals surface area (Å²) in [6, 6.07) is 21.2. The molecular formula is C25H19Cl2NO3. The molecule has 0 spiro atoms. The van der Waals surface area contributed by atoms with Crippen LogP contribution < -0.4 is 4.90 Å². The van der Waals surface area contributed by atoms with Gasteiger partial charge in [-0.1, -0.05) is 77.8 Å². The van der Waals surface area contributed by atoms with Gasteiger partial charge in [-0.25, -0.2) is 4.79 Å². The standard InChI is InChI=1S/C25H19Cl2NO3/c1-16(25(30)31-15-17-7-3-2-4-8-17)28-23-10-6-5-9-19(23)20(24(28)29)13-18-11-12-21(26)22(27)14-18/h2-14,16H,15H2,1H3/b20-13+. The lowest BCUT2D eigenvalue weighted by Gasteiger charge is -2.23. The van der Waals surface area contributed by atoms with E-state index >= 15 is 0 Å². The molecule has 0 fully saturated rings. The molecule has 0 aliphatic carbocycles. The smallest absolute Gasteiger partial charge is 0.329 e. The summed E-state index contributed by atoms with van der Waals surface area (Å²) in [5, 5.41) is 0.850. The summed E-state index contributed by atoms with van der Waals surface area (Å²) in [5.74, 6) is -0.737. The number of benzene rings is 3. The van der Waals surface area contributed by atoms with E-state index in [-0.39, 0.29) is 12.5 Å². The highest BCUT2D eigenvalue weighted by atomic mass is 35.5. The van der Waals surface area contributed by atoms with Crippen molar-refractivity contribution in [2.75, 3.05) is 4.90 Å². The van der Waals surface area contributed by atoms with E-state index in [0.717, 1.165) is 16.7 Å². The van der Waals surface area contributed by atoms with E-state index in [1.165, 1.54) is 4.90 Å². The van der Waals surface area contributed by atoms with E-state index in [1.807, 2.05) is 54.6 Å². The minimum Gasteiger partial charge on any atom is -0.459 e. The van der Waals surface area contributed by atoms with Crippen molar-refractivity contribution in [1.82, 2.24) is 0 Å². The van der Waals surface area contributed by atoms with Crippen molar-refractivity contribution in [2.45, 2.75) is 19.6 Å². The van der Waals surface area contributed by atoms with Crippen molar-refractivity contribution in [3.05, 3.63) is 99.5 Å². The number of para-hydroxylation sites is 1. The Bertz CT molecular complexity index is 1170. The van der Waals surface area contributed by atoms with Gasteiger partial charge in [0.05, 0.1) is 15.7 Å². The predicted molar refractivity (Wildman–Crippen MR) is 124 cm³/mol. The van der Waals surface area contributed by atoms with Crippen LogP contribution in [0.3, 0.4) is 0 Å². The maximum atomic E-state index is 13.3. The van der Waals surface area contributed by atoms with Gasteiger partial charge in [-0.05, 0) is 42.3 Å². The Morgan fingerprint density at radius 2 is 1.71 bits per heavy atom. The molecule has 1 heterocycles. The number of hydrogen-bond donors (Lipinski definition) is 0. The highest BCUT2D eigenvalue weighted by Crippen LogP contribution is 2.39. The van der Waals surface area contributed by atoms with Crippen LogP contribution >= 0.6 is 23.2 Å². The summed E-state index contributed by atoms with van der Waals surface area (Å²) >= 11 is 12.1. The molecule has 1 atom stereocenters. The molecule has 0 saturated carbocycles. The molecule has 1 amide bonds. The van der Waals surface area contributed by atoms with Gasteiger partial charge in [0, 0.05) is 11.1 Å². The molecule has 0 radical (unpaired) electrons. The quantitative estimate of drug-likeness (QED) is 0.352. The van der Waals surface area contributed by atoms with E-state index in [1.54, 1.807) is 31.2 Å². The van der Waals surface area contributed by atoms with Crippen molar-refractivity contribution >= 4 is 52.4 Å². The Morgan fingerprint density at radius 1 is 1.00 bits per heavy atom. The number of hydrogen-bond acceptors (Lipinski definition) is 3. The number of carbonyl (C=O) groups is 2. The second kappa shape index (κ2) is 8.96. The van der Waals surface area contributed by atoms with Gasteiger partial charge in [0.2, 0.25) is 0 Å². The van der Waals surface area contributed by atoms with Crippen molar-refractivity contribution in [3.8, 4) is 0 Å². The lowest BCUT2D eigenvalue weighted by molar-refractivity contribution is -0.146. The summed E-state index contributed by atoms with van der Waals surface area (Å²) in [4.78, 5) is 27.5. The van der Waals surface area contributed by atoms with Gasteiger partial charge >= 0.3 is 5.97 Å². The highest BCUT2D eigenvalue weighted by molar-refractivity contribution is 6.42. The van der Waals surface area contributed by atoms with Gasteiger partial charge < -0.3 is 4.74 Å². The molecule has 0 N–H and O–H groups in total. The zero-order valence-corrected chi connectivity index (χ0v) is 18.2. The number of anilines is 1. The number of nitrogens with zero attached hydrogens (tertiary/aromatic N) is 1. The molecule has 3 aromatic carbocycles. The maximum absolute atomic E-state index is 13.3. The third-order valence-corrected chi connectivity index (χ3v) is 5.85. The van der Waals surface area contributed by atoms with Gasteiger partial charge in [-0.15, -0.1) is 0 Å². The van der Waals surface area contributed by atoms with Crippen molar-refractivity contribution < 1.29 is 14.3 Å². The van der Waals surface area contributed by atoms with Crippen molar-refractivity contribution in [3.63, 3.8) is 0 Å². The van der Waals surface area contributed by atoms with Crippen LogP contribution in [0, 0.1) is 0 Å². The van der Waals surface area contributed by atoms with Crippen LogP contribution in [-0.2, 0) is 20.9 Å². The third-order valence-electron chi connectivity index (χ3n) is 5.11. The zero-order chi connectivity index (χ0) is 22.0. The van der Waals surface area contributed by atoms with E-state index < -0.39 is 12.0 Å². The number of halogens is 2. The van der Waals surface area contributed by atoms with Crippen LogP contribution in [0.15, 0.2) is 72.8 Å². The molecule has 6 heteroatoms. The monoisotopic (exact) mass is 451 g/mol. The normalized spacial score (nSPS) is 15.1. The van der Waals surface area contributed by atoms with Crippen LogP contribution in [0.2, 0.25) is 10.0 Å². The molecule has 4 nitrogen and oxygen atoms in total. The summed E-state index contributed by atoms with van der Waals surface area (Å²) in [5.41, 5.74) is 3.53. The Balaban J connectivity index is 1.61. The molecule has 0 saturated heterocycles. The highest BCUT2D eigenvalue weighted by Gasteiger charge is 2.38. The number of fused-ring (bicyclic) bond motifs is 1. The number of ether oxygens (including phenoxy) is 1. The fourth-order valence-electron chi connectivity index (χ4n) is 3.51. The predicted octanol–water partition coefficient (Wildman–Crippen LogP) is 6.01. The summed E-state index contributed by atoms with van der Waals surface area (Å²) in [6.07, 6.45) is 1.76. The SMILES string of the molecule is CC(C(=O)OCc1ccccc1)N1C(=O)/C(=C/c2ccc(Cl)c(Cl)c2)c2ccccc21. The van der Waals surface area contributed by atoms with E-state index in [4.69, 9.17) is 27.9 Å². The Hall–Kier alpha value is -3.08. The second-order valence-electron chi connectivity index (χ2n) is 7.19. The lowest BCUT2D eigenvalue weighted by Crippen LogP contribution is -2.42. The minimum absolute atomic E-state index is 0.152. The first-order valence-electron chi connectivity index (χ1n) is 9.76. The molecule has 1 aliphatic heterocycles. The fraction of sp³-hybridized carbons (Fsp3) is 0.120. The van der Waals surface area contributed by atoms with Gasteiger partial charge in [-0.3, -0.25) is 9.69 Å². The molecule has 0 bridgehead atoms. The molecule has 156 valence electrons. The van der Waals surface area contributed by atoms with Gasteiger partial charge in [0.1, 0.15) is 12.6 Å². The average Bonchev–Trinajstić information content (AvgIpc) is 3.06. The first-order chi connectivity index (χ1) is 15.0.